The third-order valence-electron chi connectivity index (χ3n) is 4.05. The van der Waals surface area contributed by atoms with Crippen molar-refractivity contribution in [3.05, 3.63) is 5.82 Å². The molecule has 0 aliphatic carbocycles. The van der Waals surface area contributed by atoms with E-state index in [0.717, 1.165) is 48.1 Å². The number of nitrogens with one attached hydrogen (secondary N) is 1. The first-order chi connectivity index (χ1) is 9.20. The highest BCUT2D eigenvalue weighted by Gasteiger charge is 2.18. The average molecular weight is 282 g/mol. The zero-order valence-electron chi connectivity index (χ0n) is 12.4. The fourth-order valence-corrected chi connectivity index (χ4v) is 3.39. The second kappa shape index (κ2) is 7.29. The van der Waals surface area contributed by atoms with E-state index in [0.29, 0.717) is 0 Å². The fraction of sp³-hybridized carbons (Fsp3) is 0.857. The van der Waals surface area contributed by atoms with E-state index in [9.17, 15) is 0 Å². The van der Waals surface area contributed by atoms with Gasteiger partial charge in [0.25, 0.3) is 0 Å². The van der Waals surface area contributed by atoms with Crippen molar-refractivity contribution < 1.29 is 0 Å². The minimum absolute atomic E-state index is 0.745. The van der Waals surface area contributed by atoms with Crippen molar-refractivity contribution in [2.24, 2.45) is 18.9 Å². The molecule has 0 saturated carbocycles. The Balaban J connectivity index is 1.89. The summed E-state index contributed by atoms with van der Waals surface area (Å²) in [5.41, 5.74) is 0. The van der Waals surface area contributed by atoms with Crippen LogP contribution in [0.5, 0.6) is 0 Å². The van der Waals surface area contributed by atoms with Crippen LogP contribution in [-0.2, 0) is 13.5 Å². The van der Waals surface area contributed by atoms with Crippen molar-refractivity contribution in [1.82, 2.24) is 20.1 Å². The number of hydrogen-bond acceptors (Lipinski definition) is 4. The number of hydrogen-bond donors (Lipinski definition) is 1. The molecule has 19 heavy (non-hydrogen) atoms. The Kier molecular flexibility index (Phi) is 5.70. The first-order valence-electron chi connectivity index (χ1n) is 7.42. The Labute approximate surface area is 120 Å². The lowest BCUT2D eigenvalue weighted by Crippen LogP contribution is -2.29. The minimum Gasteiger partial charge on any atom is -0.317 e. The molecule has 108 valence electrons. The molecule has 1 aliphatic heterocycles. The van der Waals surface area contributed by atoms with E-state index in [-0.39, 0.29) is 0 Å². The lowest BCUT2D eigenvalue weighted by Gasteiger charge is -2.21. The molecular formula is C14H26N4S. The van der Waals surface area contributed by atoms with Crippen LogP contribution in [0.1, 0.15) is 38.9 Å². The molecule has 5 heteroatoms. The van der Waals surface area contributed by atoms with Crippen LogP contribution in [-0.4, -0.2) is 33.6 Å². The van der Waals surface area contributed by atoms with Crippen molar-refractivity contribution >= 4 is 11.8 Å². The molecule has 2 heterocycles. The van der Waals surface area contributed by atoms with Crippen LogP contribution in [0.25, 0.3) is 0 Å². The molecule has 1 aromatic rings. The molecule has 4 nitrogen and oxygen atoms in total. The molecule has 0 aromatic carbocycles. The van der Waals surface area contributed by atoms with Gasteiger partial charge >= 0.3 is 0 Å². The summed E-state index contributed by atoms with van der Waals surface area (Å²) in [5, 5.41) is 13.2. The standard InChI is InChI=1S/C14H26N4S/c1-4-11(2)10-19-14-17-16-13(18(14)3)9-12-5-7-15-8-6-12/h11-12,15H,4-10H2,1-3H3/t11-/m0/s1. The molecule has 1 fully saturated rings. The average Bonchev–Trinajstić information content (AvgIpc) is 2.78. The lowest BCUT2D eigenvalue weighted by molar-refractivity contribution is 0.363. The van der Waals surface area contributed by atoms with Crippen molar-refractivity contribution in [1.29, 1.82) is 0 Å². The summed E-state index contributed by atoms with van der Waals surface area (Å²) in [6, 6.07) is 0. The van der Waals surface area contributed by atoms with Gasteiger partial charge in [-0.1, -0.05) is 32.0 Å². The summed E-state index contributed by atoms with van der Waals surface area (Å²) in [4.78, 5) is 0. The largest absolute Gasteiger partial charge is 0.317 e. The normalized spacial score (nSPS) is 18.7. The van der Waals surface area contributed by atoms with E-state index in [1.54, 1.807) is 0 Å². The second-order valence-electron chi connectivity index (χ2n) is 5.68. The minimum atomic E-state index is 0.745. The third kappa shape index (κ3) is 4.21. The van der Waals surface area contributed by atoms with E-state index in [2.05, 4.69) is 41.0 Å². The van der Waals surface area contributed by atoms with Gasteiger partial charge in [0.1, 0.15) is 5.82 Å². The molecule has 0 radical (unpaired) electrons. The Morgan fingerprint density at radius 2 is 2.11 bits per heavy atom. The van der Waals surface area contributed by atoms with Crippen molar-refractivity contribution in [3.8, 4) is 0 Å². The number of rotatable bonds is 6. The van der Waals surface area contributed by atoms with Crippen LogP contribution in [0.4, 0.5) is 0 Å². The van der Waals surface area contributed by atoms with Gasteiger partial charge in [-0.15, -0.1) is 10.2 Å². The Morgan fingerprint density at radius 3 is 2.79 bits per heavy atom. The van der Waals surface area contributed by atoms with Crippen molar-refractivity contribution in [2.45, 2.75) is 44.7 Å². The van der Waals surface area contributed by atoms with Gasteiger partial charge in [0, 0.05) is 19.2 Å². The van der Waals surface area contributed by atoms with Gasteiger partial charge in [0.2, 0.25) is 0 Å². The molecule has 0 unspecified atom stereocenters. The van der Waals surface area contributed by atoms with Gasteiger partial charge in [-0.3, -0.25) is 0 Å². The predicted octanol–water partition coefficient (Wildman–Crippen LogP) is 2.50. The summed E-state index contributed by atoms with van der Waals surface area (Å²) < 4.78 is 2.19. The van der Waals surface area contributed by atoms with Crippen LogP contribution in [0.2, 0.25) is 0 Å². The highest BCUT2D eigenvalue weighted by Crippen LogP contribution is 2.22. The monoisotopic (exact) mass is 282 g/mol. The van der Waals surface area contributed by atoms with Gasteiger partial charge in [0.05, 0.1) is 0 Å². The van der Waals surface area contributed by atoms with Crippen LogP contribution in [0.3, 0.4) is 0 Å². The molecule has 1 saturated heterocycles. The highest BCUT2D eigenvalue weighted by atomic mass is 32.2. The highest BCUT2D eigenvalue weighted by molar-refractivity contribution is 7.99. The molecule has 1 aromatic heterocycles. The predicted molar refractivity (Wildman–Crippen MR) is 80.5 cm³/mol. The number of nitrogens with zero attached hydrogens (tertiary/aromatic N) is 3. The van der Waals surface area contributed by atoms with Gasteiger partial charge in [-0.25, -0.2) is 0 Å². The number of aromatic nitrogens is 3. The lowest BCUT2D eigenvalue weighted by atomic mass is 9.94. The molecular weight excluding hydrogens is 256 g/mol. The van der Waals surface area contributed by atoms with E-state index in [1.807, 2.05) is 11.8 Å². The van der Waals surface area contributed by atoms with Crippen molar-refractivity contribution in [2.75, 3.05) is 18.8 Å². The molecule has 2 rings (SSSR count). The smallest absolute Gasteiger partial charge is 0.190 e. The second-order valence-corrected chi connectivity index (χ2v) is 6.67. The van der Waals surface area contributed by atoms with E-state index in [1.165, 1.54) is 19.3 Å². The summed E-state index contributed by atoms with van der Waals surface area (Å²) in [6.07, 6.45) is 4.84. The van der Waals surface area contributed by atoms with E-state index >= 15 is 0 Å². The maximum atomic E-state index is 4.39. The maximum absolute atomic E-state index is 4.39. The Morgan fingerprint density at radius 1 is 1.37 bits per heavy atom. The van der Waals surface area contributed by atoms with E-state index in [4.69, 9.17) is 0 Å². The first kappa shape index (κ1) is 14.9. The van der Waals surface area contributed by atoms with Crippen molar-refractivity contribution in [3.63, 3.8) is 0 Å². The van der Waals surface area contributed by atoms with Crippen LogP contribution in [0, 0.1) is 11.8 Å². The third-order valence-corrected chi connectivity index (χ3v) is 5.40. The topological polar surface area (TPSA) is 42.7 Å². The van der Waals surface area contributed by atoms with Gasteiger partial charge in [0.15, 0.2) is 5.16 Å². The van der Waals surface area contributed by atoms with Gasteiger partial charge in [-0.05, 0) is 37.8 Å². The molecule has 0 amide bonds. The van der Waals surface area contributed by atoms with Crippen LogP contribution in [0.15, 0.2) is 5.16 Å². The fourth-order valence-electron chi connectivity index (χ4n) is 2.33. The number of piperidine rings is 1. The summed E-state index contributed by atoms with van der Waals surface area (Å²) >= 11 is 1.84. The zero-order valence-corrected chi connectivity index (χ0v) is 13.2. The maximum Gasteiger partial charge on any atom is 0.190 e. The summed E-state index contributed by atoms with van der Waals surface area (Å²) in [5.74, 6) is 3.81. The number of thioether (sulfide) groups is 1. The SMILES string of the molecule is CC[C@H](C)CSc1nnc(CC2CCNCC2)n1C. The summed E-state index contributed by atoms with van der Waals surface area (Å²) in [7, 11) is 2.11. The Hall–Kier alpha value is -0.550. The van der Waals surface area contributed by atoms with Gasteiger partial charge in [-0.2, -0.15) is 0 Å². The molecule has 0 spiro atoms. The van der Waals surface area contributed by atoms with Crippen LogP contribution >= 0.6 is 11.8 Å². The quantitative estimate of drug-likeness (QED) is 0.814. The molecule has 0 bridgehead atoms. The molecule has 1 N–H and O–H groups in total. The summed E-state index contributed by atoms with van der Waals surface area (Å²) in [6.45, 7) is 6.83. The van der Waals surface area contributed by atoms with Crippen LogP contribution < -0.4 is 5.32 Å². The van der Waals surface area contributed by atoms with Gasteiger partial charge < -0.3 is 9.88 Å². The molecule has 1 atom stereocenters. The zero-order chi connectivity index (χ0) is 13.7. The van der Waals surface area contributed by atoms with E-state index < -0.39 is 0 Å². The Bertz CT molecular complexity index is 385. The molecule has 1 aliphatic rings. The first-order valence-corrected chi connectivity index (χ1v) is 8.41.